The molecule has 1 aliphatic rings. The number of aromatic nitrogens is 2. The van der Waals surface area contributed by atoms with Crippen LogP contribution in [-0.4, -0.2) is 22.0 Å². The zero-order valence-electron chi connectivity index (χ0n) is 10.9. The first kappa shape index (κ1) is 13.5. The molecule has 0 radical (unpaired) electrons. The van der Waals surface area contributed by atoms with Crippen molar-refractivity contribution < 1.29 is 4.79 Å². The first-order chi connectivity index (χ1) is 8.81. The van der Waals surface area contributed by atoms with Gasteiger partial charge in [-0.2, -0.15) is 0 Å². The van der Waals surface area contributed by atoms with Crippen LogP contribution in [-0.2, 0) is 6.42 Å². The summed E-state index contributed by atoms with van der Waals surface area (Å²) >= 11 is 1.19. The number of aryl methyl sites for hydroxylation is 1. The molecule has 1 amide bonds. The van der Waals surface area contributed by atoms with Gasteiger partial charge in [0.1, 0.15) is 4.88 Å². The van der Waals surface area contributed by atoms with Gasteiger partial charge >= 0.3 is 0 Å². The number of hydrogen-bond acceptors (Lipinski definition) is 4. The Morgan fingerprint density at radius 1 is 1.44 bits per heavy atom. The minimum atomic E-state index is -0.00623. The second-order valence-corrected chi connectivity index (χ2v) is 5.71. The molecule has 1 aliphatic carbocycles. The summed E-state index contributed by atoms with van der Waals surface area (Å²) in [5.74, 6) is 0.895. The van der Waals surface area contributed by atoms with E-state index < -0.39 is 0 Å². The third kappa shape index (κ3) is 3.51. The first-order valence-electron chi connectivity index (χ1n) is 6.90. The van der Waals surface area contributed by atoms with E-state index in [0.29, 0.717) is 4.88 Å². The first-order valence-corrected chi connectivity index (χ1v) is 7.68. The number of amides is 1. The topological polar surface area (TPSA) is 54.9 Å². The van der Waals surface area contributed by atoms with Crippen LogP contribution in [0.2, 0.25) is 0 Å². The van der Waals surface area contributed by atoms with E-state index >= 15 is 0 Å². The second kappa shape index (κ2) is 6.83. The van der Waals surface area contributed by atoms with Crippen molar-refractivity contribution in [3.05, 3.63) is 10.6 Å². The minimum Gasteiger partial charge on any atom is -0.351 e. The van der Waals surface area contributed by atoms with Crippen LogP contribution in [0.4, 0.5) is 0 Å². The van der Waals surface area contributed by atoms with Crippen LogP contribution >= 0.6 is 11.5 Å². The number of hydrogen-bond donors (Lipinski definition) is 1. The summed E-state index contributed by atoms with van der Waals surface area (Å²) in [6, 6.07) is 0. The van der Waals surface area contributed by atoms with Gasteiger partial charge in [-0.15, -0.1) is 5.10 Å². The predicted octanol–water partition coefficient (Wildman–Crippen LogP) is 2.80. The number of carbonyl (C=O) groups excluding carboxylic acids is 1. The lowest BCUT2D eigenvalue weighted by atomic mass is 10.0. The Balaban J connectivity index is 1.68. The maximum atomic E-state index is 11.9. The lowest BCUT2D eigenvalue weighted by Gasteiger charge is -2.08. The average molecular weight is 267 g/mol. The van der Waals surface area contributed by atoms with Gasteiger partial charge in [-0.05, 0) is 36.7 Å². The van der Waals surface area contributed by atoms with Gasteiger partial charge < -0.3 is 5.32 Å². The maximum Gasteiger partial charge on any atom is 0.264 e. The van der Waals surface area contributed by atoms with Crippen molar-refractivity contribution in [1.82, 2.24) is 14.9 Å². The van der Waals surface area contributed by atoms with Crippen LogP contribution in [0.5, 0.6) is 0 Å². The summed E-state index contributed by atoms with van der Waals surface area (Å²) < 4.78 is 3.84. The van der Waals surface area contributed by atoms with Crippen LogP contribution in [0, 0.1) is 5.92 Å². The predicted molar refractivity (Wildman–Crippen MR) is 72.8 cm³/mol. The Kier molecular flexibility index (Phi) is 5.11. The van der Waals surface area contributed by atoms with Crippen molar-refractivity contribution in [1.29, 1.82) is 0 Å². The summed E-state index contributed by atoms with van der Waals surface area (Å²) in [6.07, 6.45) is 8.65. The number of carbonyl (C=O) groups is 1. The molecule has 0 spiro atoms. The molecule has 2 rings (SSSR count). The standard InChI is InChI=1S/C13H21N3OS/c1-2-11-12(18-16-15-11)13(17)14-9-5-8-10-6-3-4-7-10/h10H,2-9H2,1H3,(H,14,17). The van der Waals surface area contributed by atoms with Crippen LogP contribution in [0.15, 0.2) is 0 Å². The molecule has 100 valence electrons. The molecule has 1 aromatic heterocycles. The van der Waals surface area contributed by atoms with Gasteiger partial charge in [0.05, 0.1) is 5.69 Å². The average Bonchev–Trinajstić information content (AvgIpc) is 3.04. The second-order valence-electron chi connectivity index (χ2n) is 4.95. The highest BCUT2D eigenvalue weighted by atomic mass is 32.1. The van der Waals surface area contributed by atoms with Crippen molar-refractivity contribution in [3.63, 3.8) is 0 Å². The van der Waals surface area contributed by atoms with Crippen molar-refractivity contribution in [2.45, 2.75) is 51.9 Å². The zero-order valence-corrected chi connectivity index (χ0v) is 11.8. The van der Waals surface area contributed by atoms with Crippen molar-refractivity contribution in [2.75, 3.05) is 6.54 Å². The normalized spacial score (nSPS) is 16.1. The Morgan fingerprint density at radius 2 is 2.22 bits per heavy atom. The lowest BCUT2D eigenvalue weighted by Crippen LogP contribution is -2.24. The molecule has 0 aromatic carbocycles. The van der Waals surface area contributed by atoms with E-state index in [1.807, 2.05) is 6.92 Å². The molecule has 1 aromatic rings. The van der Waals surface area contributed by atoms with E-state index in [2.05, 4.69) is 14.9 Å². The molecule has 1 saturated carbocycles. The smallest absolute Gasteiger partial charge is 0.264 e. The maximum absolute atomic E-state index is 11.9. The largest absolute Gasteiger partial charge is 0.351 e. The van der Waals surface area contributed by atoms with E-state index in [-0.39, 0.29) is 5.91 Å². The molecule has 0 aliphatic heterocycles. The highest BCUT2D eigenvalue weighted by Crippen LogP contribution is 2.28. The zero-order chi connectivity index (χ0) is 12.8. The number of nitrogens with one attached hydrogen (secondary N) is 1. The molecule has 0 bridgehead atoms. The summed E-state index contributed by atoms with van der Waals surface area (Å²) in [4.78, 5) is 12.6. The molecule has 0 saturated heterocycles. The van der Waals surface area contributed by atoms with Crippen molar-refractivity contribution >= 4 is 17.4 Å². The third-order valence-electron chi connectivity index (χ3n) is 3.65. The van der Waals surface area contributed by atoms with Gasteiger partial charge in [-0.25, -0.2) is 0 Å². The Labute approximate surface area is 112 Å². The molecule has 1 heterocycles. The quantitative estimate of drug-likeness (QED) is 0.806. The van der Waals surface area contributed by atoms with E-state index in [4.69, 9.17) is 0 Å². The highest BCUT2D eigenvalue weighted by Gasteiger charge is 2.16. The summed E-state index contributed by atoms with van der Waals surface area (Å²) in [5, 5.41) is 6.93. The fourth-order valence-electron chi connectivity index (χ4n) is 2.58. The van der Waals surface area contributed by atoms with Crippen LogP contribution < -0.4 is 5.32 Å². The molecule has 4 nitrogen and oxygen atoms in total. The van der Waals surface area contributed by atoms with Crippen molar-refractivity contribution in [2.24, 2.45) is 5.92 Å². The SMILES string of the molecule is CCc1nnsc1C(=O)NCCCC1CCCC1. The molecule has 1 fully saturated rings. The molecular formula is C13H21N3OS. The Hall–Kier alpha value is -0.970. The molecular weight excluding hydrogens is 246 g/mol. The van der Waals surface area contributed by atoms with Crippen LogP contribution in [0.25, 0.3) is 0 Å². The summed E-state index contributed by atoms with van der Waals surface area (Å²) in [7, 11) is 0. The van der Waals surface area contributed by atoms with Crippen LogP contribution in [0.3, 0.4) is 0 Å². The molecule has 18 heavy (non-hydrogen) atoms. The van der Waals surface area contributed by atoms with Gasteiger partial charge in [0.2, 0.25) is 0 Å². The van der Waals surface area contributed by atoms with Gasteiger partial charge in [0.25, 0.3) is 5.91 Å². The lowest BCUT2D eigenvalue weighted by molar-refractivity contribution is 0.0955. The van der Waals surface area contributed by atoms with Crippen molar-refractivity contribution in [3.8, 4) is 0 Å². The Morgan fingerprint density at radius 3 is 2.94 bits per heavy atom. The van der Waals surface area contributed by atoms with E-state index in [0.717, 1.165) is 31.0 Å². The number of nitrogens with zero attached hydrogens (tertiary/aromatic N) is 2. The monoisotopic (exact) mass is 267 g/mol. The summed E-state index contributed by atoms with van der Waals surface area (Å²) in [5.41, 5.74) is 0.813. The minimum absolute atomic E-state index is 0.00623. The fourth-order valence-corrected chi connectivity index (χ4v) is 3.25. The Bertz CT molecular complexity index is 385. The van der Waals surface area contributed by atoms with Gasteiger partial charge in [0, 0.05) is 6.54 Å². The molecule has 1 N–H and O–H groups in total. The van der Waals surface area contributed by atoms with Gasteiger partial charge in [0.15, 0.2) is 0 Å². The fraction of sp³-hybridized carbons (Fsp3) is 0.769. The van der Waals surface area contributed by atoms with Gasteiger partial charge in [-0.3, -0.25) is 4.79 Å². The molecule has 0 unspecified atom stereocenters. The van der Waals surface area contributed by atoms with E-state index in [9.17, 15) is 4.79 Å². The number of rotatable bonds is 6. The highest BCUT2D eigenvalue weighted by molar-refractivity contribution is 7.08. The molecule has 5 heteroatoms. The van der Waals surface area contributed by atoms with Gasteiger partial charge in [-0.1, -0.05) is 37.1 Å². The van der Waals surface area contributed by atoms with E-state index in [1.165, 1.54) is 43.6 Å². The third-order valence-corrected chi connectivity index (χ3v) is 4.41. The summed E-state index contributed by atoms with van der Waals surface area (Å²) in [6.45, 7) is 2.77. The van der Waals surface area contributed by atoms with Crippen LogP contribution in [0.1, 0.15) is 60.8 Å². The van der Waals surface area contributed by atoms with E-state index in [1.54, 1.807) is 0 Å². The molecule has 0 atom stereocenters.